The predicted octanol–water partition coefficient (Wildman–Crippen LogP) is 2.54. The average Bonchev–Trinajstić information content (AvgIpc) is 2.37. The van der Waals surface area contributed by atoms with Crippen LogP contribution in [0.2, 0.25) is 0 Å². The number of carbonyl (C=O) groups is 2. The van der Waals surface area contributed by atoms with Crippen LogP contribution in [0, 0.1) is 12.3 Å². The SMILES string of the molecule is Cc1cc(Br)ccc1NC(=O)C[NH+](C)CC(=O)NC(C)(C)CC(C)(C)C. The Balaban J connectivity index is 2.51. The third kappa shape index (κ3) is 8.81. The van der Waals surface area contributed by atoms with Gasteiger partial charge in [0.1, 0.15) is 0 Å². The first-order valence-electron chi connectivity index (χ1n) is 8.96. The summed E-state index contributed by atoms with van der Waals surface area (Å²) in [5, 5.41) is 5.99. The minimum atomic E-state index is -0.271. The third-order valence-electron chi connectivity index (χ3n) is 3.84. The van der Waals surface area contributed by atoms with E-state index in [1.807, 2.05) is 46.0 Å². The molecular formula is C20H33BrN3O2+. The Morgan fingerprint density at radius 3 is 2.19 bits per heavy atom. The number of anilines is 1. The smallest absolute Gasteiger partial charge is 0.279 e. The number of hydrogen-bond acceptors (Lipinski definition) is 2. The largest absolute Gasteiger partial charge is 0.346 e. The second kappa shape index (κ2) is 9.00. The number of benzene rings is 1. The van der Waals surface area contributed by atoms with Crippen LogP contribution in [0.1, 0.15) is 46.6 Å². The lowest BCUT2D eigenvalue weighted by atomic mass is 9.82. The number of halogens is 1. The Morgan fingerprint density at radius 1 is 1.08 bits per heavy atom. The van der Waals surface area contributed by atoms with Gasteiger partial charge in [-0.15, -0.1) is 0 Å². The third-order valence-corrected chi connectivity index (χ3v) is 4.33. The van der Waals surface area contributed by atoms with Crippen molar-refractivity contribution >= 4 is 33.4 Å². The fourth-order valence-corrected chi connectivity index (χ4v) is 3.84. The zero-order valence-corrected chi connectivity index (χ0v) is 18.6. The van der Waals surface area contributed by atoms with E-state index in [0.29, 0.717) is 0 Å². The van der Waals surface area contributed by atoms with Gasteiger partial charge in [-0.05, 0) is 56.4 Å². The molecule has 0 saturated carbocycles. The van der Waals surface area contributed by atoms with Gasteiger partial charge in [-0.25, -0.2) is 0 Å². The summed E-state index contributed by atoms with van der Waals surface area (Å²) in [5.74, 6) is -0.140. The van der Waals surface area contributed by atoms with Gasteiger partial charge < -0.3 is 15.5 Å². The fraction of sp³-hybridized carbons (Fsp3) is 0.600. The molecule has 1 atom stereocenters. The van der Waals surface area contributed by atoms with Gasteiger partial charge in [-0.1, -0.05) is 36.7 Å². The molecule has 26 heavy (non-hydrogen) atoms. The van der Waals surface area contributed by atoms with Crippen LogP contribution in [0.4, 0.5) is 5.69 Å². The van der Waals surface area contributed by atoms with Crippen LogP contribution >= 0.6 is 15.9 Å². The van der Waals surface area contributed by atoms with Crippen molar-refractivity contribution in [3.8, 4) is 0 Å². The highest BCUT2D eigenvalue weighted by molar-refractivity contribution is 9.10. The summed E-state index contributed by atoms with van der Waals surface area (Å²) in [7, 11) is 1.85. The second-order valence-corrected chi connectivity index (χ2v) is 9.90. The van der Waals surface area contributed by atoms with Crippen LogP contribution in [-0.4, -0.2) is 37.5 Å². The first-order valence-corrected chi connectivity index (χ1v) is 9.75. The first-order chi connectivity index (χ1) is 11.8. The summed E-state index contributed by atoms with van der Waals surface area (Å²) in [6, 6.07) is 5.72. The molecule has 0 heterocycles. The van der Waals surface area contributed by atoms with Crippen molar-refractivity contribution in [3.63, 3.8) is 0 Å². The molecule has 6 heteroatoms. The number of nitrogens with one attached hydrogen (secondary N) is 3. The Labute approximate surface area is 166 Å². The molecule has 2 amide bonds. The Kier molecular flexibility index (Phi) is 7.84. The van der Waals surface area contributed by atoms with Crippen molar-refractivity contribution in [2.24, 2.45) is 5.41 Å². The molecule has 0 bridgehead atoms. The van der Waals surface area contributed by atoms with Crippen molar-refractivity contribution < 1.29 is 14.5 Å². The van der Waals surface area contributed by atoms with Gasteiger partial charge in [-0.2, -0.15) is 0 Å². The highest BCUT2D eigenvalue weighted by atomic mass is 79.9. The van der Waals surface area contributed by atoms with Crippen LogP contribution in [0.5, 0.6) is 0 Å². The quantitative estimate of drug-likeness (QED) is 0.627. The molecule has 0 aliphatic heterocycles. The minimum absolute atomic E-state index is 0.0376. The number of likely N-dealkylation sites (N-methyl/N-ethyl adjacent to an activating group) is 1. The van der Waals surface area contributed by atoms with Gasteiger partial charge in [0.25, 0.3) is 11.8 Å². The van der Waals surface area contributed by atoms with Crippen molar-refractivity contribution in [3.05, 3.63) is 28.2 Å². The fourth-order valence-electron chi connectivity index (χ4n) is 3.36. The molecule has 0 fully saturated rings. The van der Waals surface area contributed by atoms with Crippen LogP contribution in [-0.2, 0) is 9.59 Å². The summed E-state index contributed by atoms with van der Waals surface area (Å²) < 4.78 is 0.977. The number of quaternary nitrogens is 1. The van der Waals surface area contributed by atoms with Crippen LogP contribution < -0.4 is 15.5 Å². The normalized spacial score (nSPS) is 13.2. The standard InChI is InChI=1S/C20H32BrN3O2/c1-14-10-15(21)8-9-16(14)22-17(25)11-24(7)12-18(26)23-20(5,6)13-19(2,3)4/h8-10H,11-13H2,1-7H3,(H,22,25)(H,23,26)/p+1. The molecule has 0 radical (unpaired) electrons. The van der Waals surface area contributed by atoms with E-state index < -0.39 is 0 Å². The average molecular weight is 427 g/mol. The minimum Gasteiger partial charge on any atom is -0.346 e. The Bertz CT molecular complexity index is 651. The molecule has 0 aromatic heterocycles. The molecule has 146 valence electrons. The molecule has 1 rings (SSSR count). The zero-order chi connectivity index (χ0) is 20.1. The van der Waals surface area contributed by atoms with Crippen LogP contribution in [0.25, 0.3) is 0 Å². The molecule has 0 saturated heterocycles. The Hall–Kier alpha value is -1.40. The van der Waals surface area contributed by atoms with Crippen LogP contribution in [0.15, 0.2) is 22.7 Å². The van der Waals surface area contributed by atoms with E-state index in [4.69, 9.17) is 0 Å². The summed E-state index contributed by atoms with van der Waals surface area (Å²) in [4.78, 5) is 25.4. The zero-order valence-electron chi connectivity index (χ0n) is 17.0. The maximum Gasteiger partial charge on any atom is 0.279 e. The van der Waals surface area contributed by atoms with Gasteiger partial charge >= 0.3 is 0 Å². The van der Waals surface area contributed by atoms with E-state index in [-0.39, 0.29) is 35.9 Å². The molecule has 5 nitrogen and oxygen atoms in total. The van der Waals surface area contributed by atoms with E-state index in [9.17, 15) is 9.59 Å². The van der Waals surface area contributed by atoms with Gasteiger partial charge in [-0.3, -0.25) is 9.59 Å². The predicted molar refractivity (Wildman–Crippen MR) is 110 cm³/mol. The summed E-state index contributed by atoms with van der Waals surface area (Å²) in [5.41, 5.74) is 1.65. The summed E-state index contributed by atoms with van der Waals surface area (Å²) in [6.07, 6.45) is 0.883. The molecular weight excluding hydrogens is 394 g/mol. The van der Waals surface area contributed by atoms with Crippen LogP contribution in [0.3, 0.4) is 0 Å². The highest BCUT2D eigenvalue weighted by Crippen LogP contribution is 2.26. The second-order valence-electron chi connectivity index (χ2n) is 8.99. The van der Waals surface area contributed by atoms with Crippen molar-refractivity contribution in [2.75, 3.05) is 25.5 Å². The summed E-state index contributed by atoms with van der Waals surface area (Å²) >= 11 is 3.41. The number of hydrogen-bond donors (Lipinski definition) is 3. The molecule has 1 aromatic rings. The molecule has 1 unspecified atom stereocenters. The van der Waals surface area contributed by atoms with Crippen molar-refractivity contribution in [1.82, 2.24) is 5.32 Å². The van der Waals surface area contributed by atoms with Gasteiger partial charge in [0.2, 0.25) is 0 Å². The monoisotopic (exact) mass is 426 g/mol. The van der Waals surface area contributed by atoms with E-state index in [2.05, 4.69) is 47.3 Å². The van der Waals surface area contributed by atoms with E-state index in [1.54, 1.807) is 0 Å². The van der Waals surface area contributed by atoms with E-state index in [1.165, 1.54) is 0 Å². The van der Waals surface area contributed by atoms with Gasteiger partial charge in [0.05, 0.1) is 7.05 Å². The number of aryl methyl sites for hydroxylation is 1. The molecule has 0 spiro atoms. The van der Waals surface area contributed by atoms with E-state index >= 15 is 0 Å². The maximum atomic E-state index is 12.3. The number of amides is 2. The summed E-state index contributed by atoms with van der Waals surface area (Å²) in [6.45, 7) is 13.0. The van der Waals surface area contributed by atoms with Crippen molar-refractivity contribution in [1.29, 1.82) is 0 Å². The molecule has 3 N–H and O–H groups in total. The molecule has 0 aliphatic carbocycles. The topological polar surface area (TPSA) is 62.6 Å². The maximum absolute atomic E-state index is 12.3. The number of carbonyl (C=O) groups excluding carboxylic acids is 2. The highest BCUT2D eigenvalue weighted by Gasteiger charge is 2.28. The lowest BCUT2D eigenvalue weighted by Gasteiger charge is -2.33. The van der Waals surface area contributed by atoms with Gasteiger partial charge in [0, 0.05) is 15.7 Å². The Morgan fingerprint density at radius 2 is 1.65 bits per heavy atom. The molecule has 0 aliphatic rings. The number of rotatable bonds is 7. The van der Waals surface area contributed by atoms with E-state index in [0.717, 1.165) is 27.0 Å². The lowest BCUT2D eigenvalue weighted by Crippen LogP contribution is -3.11. The molecule has 1 aromatic carbocycles. The van der Waals surface area contributed by atoms with Crippen molar-refractivity contribution in [2.45, 2.75) is 53.5 Å². The lowest BCUT2D eigenvalue weighted by molar-refractivity contribution is -0.862. The first kappa shape index (κ1) is 22.6. The van der Waals surface area contributed by atoms with Gasteiger partial charge in [0.15, 0.2) is 13.1 Å².